The minimum atomic E-state index is 0.119. The highest BCUT2D eigenvalue weighted by molar-refractivity contribution is 5.59. The second-order valence-corrected chi connectivity index (χ2v) is 6.37. The lowest BCUT2D eigenvalue weighted by molar-refractivity contribution is -0.0795. The Morgan fingerprint density at radius 3 is 2.45 bits per heavy atom. The second-order valence-electron chi connectivity index (χ2n) is 6.37. The van der Waals surface area contributed by atoms with E-state index in [1.807, 2.05) is 7.05 Å². The fourth-order valence-corrected chi connectivity index (χ4v) is 2.95. The summed E-state index contributed by atoms with van der Waals surface area (Å²) in [5, 5.41) is 6.74. The molecule has 1 heterocycles. The molecule has 0 bridgehead atoms. The van der Waals surface area contributed by atoms with E-state index in [0.29, 0.717) is 18.1 Å². The summed E-state index contributed by atoms with van der Waals surface area (Å²) in [5.74, 6) is 2.20. The van der Waals surface area contributed by atoms with E-state index in [4.69, 9.17) is 4.74 Å². The van der Waals surface area contributed by atoms with Gasteiger partial charge in [-0.2, -0.15) is 0 Å². The van der Waals surface area contributed by atoms with Crippen LogP contribution < -0.4 is 10.6 Å². The van der Waals surface area contributed by atoms with Crippen LogP contribution in [0.25, 0.3) is 0 Å². The van der Waals surface area contributed by atoms with Crippen molar-refractivity contribution in [2.45, 2.75) is 52.2 Å². The van der Waals surface area contributed by atoms with Crippen molar-refractivity contribution in [3.8, 4) is 0 Å². The number of hydrogen-bond donors (Lipinski definition) is 2. The highest BCUT2D eigenvalue weighted by Crippen LogP contribution is 2.44. The zero-order chi connectivity index (χ0) is 14.9. The second kappa shape index (κ2) is 5.56. The number of aromatic nitrogens is 2. The summed E-state index contributed by atoms with van der Waals surface area (Å²) in [4.78, 5) is 8.75. The number of nitrogens with zero attached hydrogens (tertiary/aromatic N) is 2. The fourth-order valence-electron chi connectivity index (χ4n) is 2.95. The Kier molecular flexibility index (Phi) is 4.18. The van der Waals surface area contributed by atoms with Crippen molar-refractivity contribution < 1.29 is 4.74 Å². The van der Waals surface area contributed by atoms with E-state index in [1.54, 1.807) is 13.4 Å². The van der Waals surface area contributed by atoms with E-state index >= 15 is 0 Å². The van der Waals surface area contributed by atoms with Gasteiger partial charge in [-0.3, -0.25) is 0 Å². The molecule has 1 aromatic rings. The lowest BCUT2D eigenvalue weighted by atomic mass is 9.64. The summed E-state index contributed by atoms with van der Waals surface area (Å²) in [6.07, 6.45) is 2.94. The van der Waals surface area contributed by atoms with Gasteiger partial charge in [0.1, 0.15) is 18.0 Å². The van der Waals surface area contributed by atoms with Crippen molar-refractivity contribution >= 4 is 11.6 Å². The monoisotopic (exact) mass is 278 g/mol. The van der Waals surface area contributed by atoms with Crippen LogP contribution in [-0.2, 0) is 4.74 Å². The van der Waals surface area contributed by atoms with Crippen LogP contribution in [0.1, 0.15) is 45.6 Å². The van der Waals surface area contributed by atoms with Crippen LogP contribution in [0.3, 0.4) is 0 Å². The van der Waals surface area contributed by atoms with Gasteiger partial charge in [-0.1, -0.05) is 27.7 Å². The van der Waals surface area contributed by atoms with Gasteiger partial charge in [0, 0.05) is 31.2 Å². The van der Waals surface area contributed by atoms with Gasteiger partial charge in [-0.15, -0.1) is 0 Å². The third kappa shape index (κ3) is 2.46. The number of methoxy groups -OCH3 is 1. The smallest absolute Gasteiger partial charge is 0.135 e. The van der Waals surface area contributed by atoms with Crippen LogP contribution in [0.2, 0.25) is 0 Å². The lowest BCUT2D eigenvalue weighted by Crippen LogP contribution is -2.57. The van der Waals surface area contributed by atoms with Crippen molar-refractivity contribution in [2.24, 2.45) is 5.41 Å². The van der Waals surface area contributed by atoms with E-state index in [0.717, 1.165) is 23.6 Å². The molecule has 2 unspecified atom stereocenters. The molecular formula is C15H26N4O. The molecule has 2 N–H and O–H groups in total. The Bertz CT molecular complexity index is 473. The number of nitrogens with one attached hydrogen (secondary N) is 2. The minimum Gasteiger partial charge on any atom is -0.381 e. The van der Waals surface area contributed by atoms with Crippen molar-refractivity contribution in [2.75, 3.05) is 24.8 Å². The summed E-state index contributed by atoms with van der Waals surface area (Å²) >= 11 is 0. The SMILES string of the molecule is CNc1ncnc(NC2CC(OC)C2(C)C)c1C(C)C. The third-order valence-electron chi connectivity index (χ3n) is 4.47. The largest absolute Gasteiger partial charge is 0.381 e. The predicted octanol–water partition coefficient (Wildman–Crippen LogP) is 2.87. The third-order valence-corrected chi connectivity index (χ3v) is 4.47. The Morgan fingerprint density at radius 2 is 1.95 bits per heavy atom. The van der Waals surface area contributed by atoms with Gasteiger partial charge >= 0.3 is 0 Å². The predicted molar refractivity (Wildman–Crippen MR) is 82.3 cm³/mol. The molecule has 1 aliphatic carbocycles. The number of hydrogen-bond acceptors (Lipinski definition) is 5. The van der Waals surface area contributed by atoms with Crippen molar-refractivity contribution in [3.63, 3.8) is 0 Å². The topological polar surface area (TPSA) is 59.1 Å². The molecule has 0 amide bonds. The molecule has 0 radical (unpaired) electrons. The van der Waals surface area contributed by atoms with E-state index in [9.17, 15) is 0 Å². The molecule has 112 valence electrons. The van der Waals surface area contributed by atoms with E-state index in [1.165, 1.54) is 0 Å². The van der Waals surface area contributed by atoms with Crippen LogP contribution >= 0.6 is 0 Å². The van der Waals surface area contributed by atoms with Crippen LogP contribution in [0.15, 0.2) is 6.33 Å². The number of anilines is 2. The molecule has 2 atom stereocenters. The van der Waals surface area contributed by atoms with Crippen LogP contribution in [0.4, 0.5) is 11.6 Å². The molecule has 1 aliphatic rings. The highest BCUT2D eigenvalue weighted by atomic mass is 16.5. The molecule has 0 aliphatic heterocycles. The molecule has 1 aromatic heterocycles. The quantitative estimate of drug-likeness (QED) is 0.867. The Labute approximate surface area is 121 Å². The van der Waals surface area contributed by atoms with Crippen molar-refractivity contribution in [3.05, 3.63) is 11.9 Å². The molecule has 1 fully saturated rings. The fraction of sp³-hybridized carbons (Fsp3) is 0.733. The molecule has 0 spiro atoms. The van der Waals surface area contributed by atoms with Gasteiger partial charge in [0.05, 0.1) is 6.10 Å². The average Bonchev–Trinajstić information content (AvgIpc) is 2.42. The molecule has 0 saturated heterocycles. The van der Waals surface area contributed by atoms with Crippen LogP contribution in [0.5, 0.6) is 0 Å². The van der Waals surface area contributed by atoms with E-state index < -0.39 is 0 Å². The summed E-state index contributed by atoms with van der Waals surface area (Å²) in [5.41, 5.74) is 1.26. The van der Waals surface area contributed by atoms with E-state index in [-0.39, 0.29) is 5.41 Å². The maximum absolute atomic E-state index is 5.51. The molecule has 2 rings (SSSR count). The Morgan fingerprint density at radius 1 is 1.30 bits per heavy atom. The standard InChI is InChI=1S/C15H26N4O/c1-9(2)12-13(16-5)17-8-18-14(12)19-10-7-11(20-6)15(10,3)4/h8-11H,7H2,1-6H3,(H2,16,17,18,19). The van der Waals surface area contributed by atoms with Gasteiger partial charge in [-0.25, -0.2) is 9.97 Å². The number of ether oxygens (including phenoxy) is 1. The maximum Gasteiger partial charge on any atom is 0.135 e. The first-order valence-electron chi connectivity index (χ1n) is 7.23. The summed E-state index contributed by atoms with van der Waals surface area (Å²) in [6.45, 7) is 8.79. The molecule has 5 heteroatoms. The molecular weight excluding hydrogens is 252 g/mol. The molecule has 20 heavy (non-hydrogen) atoms. The average molecular weight is 278 g/mol. The van der Waals surface area contributed by atoms with Gasteiger partial charge in [0.25, 0.3) is 0 Å². The van der Waals surface area contributed by atoms with Crippen LogP contribution in [-0.4, -0.2) is 36.3 Å². The maximum atomic E-state index is 5.51. The van der Waals surface area contributed by atoms with E-state index in [2.05, 4.69) is 48.3 Å². The number of rotatable bonds is 5. The Balaban J connectivity index is 2.23. The van der Waals surface area contributed by atoms with Crippen molar-refractivity contribution in [1.82, 2.24) is 9.97 Å². The van der Waals surface area contributed by atoms with Gasteiger partial charge in [-0.05, 0) is 12.3 Å². The minimum absolute atomic E-state index is 0.119. The zero-order valence-electron chi connectivity index (χ0n) is 13.3. The summed E-state index contributed by atoms with van der Waals surface area (Å²) < 4.78 is 5.51. The summed E-state index contributed by atoms with van der Waals surface area (Å²) in [7, 11) is 3.68. The van der Waals surface area contributed by atoms with Gasteiger partial charge < -0.3 is 15.4 Å². The lowest BCUT2D eigenvalue weighted by Gasteiger charge is -2.51. The first kappa shape index (κ1) is 15.0. The first-order chi connectivity index (χ1) is 9.41. The van der Waals surface area contributed by atoms with Crippen molar-refractivity contribution in [1.29, 1.82) is 0 Å². The zero-order valence-corrected chi connectivity index (χ0v) is 13.3. The van der Waals surface area contributed by atoms with Crippen LogP contribution in [0, 0.1) is 5.41 Å². The normalized spacial score (nSPS) is 24.4. The Hall–Kier alpha value is -1.36. The van der Waals surface area contributed by atoms with Gasteiger partial charge in [0.2, 0.25) is 0 Å². The molecule has 1 saturated carbocycles. The summed E-state index contributed by atoms with van der Waals surface area (Å²) in [6, 6.07) is 0.379. The first-order valence-corrected chi connectivity index (χ1v) is 7.23. The molecule has 0 aromatic carbocycles. The van der Waals surface area contributed by atoms with Gasteiger partial charge in [0.15, 0.2) is 0 Å². The highest BCUT2D eigenvalue weighted by Gasteiger charge is 2.48. The molecule has 5 nitrogen and oxygen atoms in total.